The summed E-state index contributed by atoms with van der Waals surface area (Å²) in [6.07, 6.45) is -4.67. The lowest BCUT2D eigenvalue weighted by molar-refractivity contribution is -0.137. The van der Waals surface area contributed by atoms with Crippen molar-refractivity contribution in [1.82, 2.24) is 9.78 Å². The zero-order valence-electron chi connectivity index (χ0n) is 15.3. The van der Waals surface area contributed by atoms with E-state index in [1.807, 2.05) is 0 Å². The summed E-state index contributed by atoms with van der Waals surface area (Å²) in [5, 5.41) is 6.07. The third kappa shape index (κ3) is 4.18. The number of anilines is 1. The molecule has 0 saturated heterocycles. The van der Waals surface area contributed by atoms with Crippen molar-refractivity contribution in [3.63, 3.8) is 0 Å². The van der Waals surface area contributed by atoms with Gasteiger partial charge in [0, 0.05) is 11.8 Å². The number of hydrogen-bond donors (Lipinski definition) is 1. The van der Waals surface area contributed by atoms with Crippen LogP contribution in [0.3, 0.4) is 0 Å². The molecule has 0 atom stereocenters. The molecule has 0 fully saturated rings. The summed E-state index contributed by atoms with van der Waals surface area (Å²) in [7, 11) is 0. The van der Waals surface area contributed by atoms with Crippen molar-refractivity contribution in [3.05, 3.63) is 87.1 Å². The predicted molar refractivity (Wildman–Crippen MR) is 98.7 cm³/mol. The highest BCUT2D eigenvalue weighted by atomic mass is 19.4. The van der Waals surface area contributed by atoms with E-state index in [9.17, 15) is 27.2 Å². The molecular formula is C20H15F4N3O2. The molecule has 0 spiro atoms. The van der Waals surface area contributed by atoms with Crippen molar-refractivity contribution in [2.45, 2.75) is 20.0 Å². The number of aromatic nitrogens is 2. The Labute approximate surface area is 162 Å². The van der Waals surface area contributed by atoms with E-state index >= 15 is 0 Å². The molecule has 1 N–H and O–H groups in total. The summed E-state index contributed by atoms with van der Waals surface area (Å²) in [6.45, 7) is 3.07. The van der Waals surface area contributed by atoms with Gasteiger partial charge < -0.3 is 5.32 Å². The molecule has 1 amide bonds. The number of rotatable bonds is 3. The van der Waals surface area contributed by atoms with Crippen LogP contribution in [-0.4, -0.2) is 15.7 Å². The Hall–Kier alpha value is -3.49. The molecule has 0 saturated carbocycles. The fourth-order valence-corrected chi connectivity index (χ4v) is 2.76. The summed E-state index contributed by atoms with van der Waals surface area (Å²) in [5.41, 5.74) is -2.18. The van der Waals surface area contributed by atoms with Crippen molar-refractivity contribution in [2.75, 3.05) is 5.32 Å². The third-order valence-electron chi connectivity index (χ3n) is 4.13. The molecule has 9 heteroatoms. The van der Waals surface area contributed by atoms with E-state index < -0.39 is 34.6 Å². The van der Waals surface area contributed by atoms with Crippen LogP contribution in [0.5, 0.6) is 0 Å². The maximum absolute atomic E-state index is 13.9. The first-order valence-corrected chi connectivity index (χ1v) is 8.43. The SMILES string of the molecule is Cc1ccc(F)c(NC(=O)c2nn(-c3ccccc3C(F)(F)F)c(C)cc2=O)c1. The van der Waals surface area contributed by atoms with Gasteiger partial charge in [-0.3, -0.25) is 9.59 Å². The van der Waals surface area contributed by atoms with E-state index in [1.54, 1.807) is 6.92 Å². The Kier molecular flexibility index (Phi) is 5.23. The van der Waals surface area contributed by atoms with Gasteiger partial charge in [-0.05, 0) is 43.7 Å². The van der Waals surface area contributed by atoms with Gasteiger partial charge in [-0.2, -0.15) is 18.3 Å². The van der Waals surface area contributed by atoms with Gasteiger partial charge in [-0.25, -0.2) is 9.07 Å². The van der Waals surface area contributed by atoms with Crippen LogP contribution in [0.15, 0.2) is 53.3 Å². The number of amides is 1. The monoisotopic (exact) mass is 405 g/mol. The second-order valence-corrected chi connectivity index (χ2v) is 6.36. The Morgan fingerprint density at radius 1 is 1.07 bits per heavy atom. The second kappa shape index (κ2) is 7.50. The van der Waals surface area contributed by atoms with Crippen molar-refractivity contribution in [3.8, 4) is 5.69 Å². The molecule has 29 heavy (non-hydrogen) atoms. The number of para-hydroxylation sites is 1. The topological polar surface area (TPSA) is 64.0 Å². The van der Waals surface area contributed by atoms with Crippen LogP contribution >= 0.6 is 0 Å². The van der Waals surface area contributed by atoms with E-state index in [0.29, 0.717) is 5.56 Å². The molecule has 5 nitrogen and oxygen atoms in total. The molecule has 2 aromatic carbocycles. The number of nitrogens with zero attached hydrogens (tertiary/aromatic N) is 2. The largest absolute Gasteiger partial charge is 0.418 e. The van der Waals surface area contributed by atoms with Crippen LogP contribution in [0, 0.1) is 19.7 Å². The van der Waals surface area contributed by atoms with Crippen LogP contribution in [0.2, 0.25) is 0 Å². The number of carbonyl (C=O) groups is 1. The van der Waals surface area contributed by atoms with E-state index in [4.69, 9.17) is 0 Å². The number of halogens is 4. The molecule has 0 aliphatic carbocycles. The lowest BCUT2D eigenvalue weighted by Gasteiger charge is -2.16. The van der Waals surface area contributed by atoms with Gasteiger partial charge in [0.1, 0.15) is 5.82 Å². The van der Waals surface area contributed by atoms with Gasteiger partial charge in [0.25, 0.3) is 5.91 Å². The quantitative estimate of drug-likeness (QED) is 0.663. The van der Waals surface area contributed by atoms with Crippen LogP contribution in [0.1, 0.15) is 27.3 Å². The average molecular weight is 405 g/mol. The first-order chi connectivity index (χ1) is 13.6. The highest BCUT2D eigenvalue weighted by Gasteiger charge is 2.34. The number of aryl methyl sites for hydroxylation is 2. The van der Waals surface area contributed by atoms with Gasteiger partial charge in [0.05, 0.1) is 16.9 Å². The van der Waals surface area contributed by atoms with E-state index in [-0.39, 0.29) is 17.1 Å². The van der Waals surface area contributed by atoms with Gasteiger partial charge in [0.15, 0.2) is 5.69 Å². The molecule has 3 rings (SSSR count). The summed E-state index contributed by atoms with van der Waals surface area (Å²) >= 11 is 0. The fraction of sp³-hybridized carbons (Fsp3) is 0.150. The molecule has 0 aliphatic heterocycles. The number of benzene rings is 2. The zero-order chi connectivity index (χ0) is 21.3. The van der Waals surface area contributed by atoms with Crippen molar-refractivity contribution in [1.29, 1.82) is 0 Å². The highest BCUT2D eigenvalue weighted by molar-refractivity contribution is 6.02. The normalized spacial score (nSPS) is 11.4. The molecule has 0 aliphatic rings. The van der Waals surface area contributed by atoms with Gasteiger partial charge in [0.2, 0.25) is 5.43 Å². The maximum Gasteiger partial charge on any atom is 0.418 e. The lowest BCUT2D eigenvalue weighted by atomic mass is 10.1. The standard InChI is InChI=1S/C20H15F4N3O2/c1-11-7-8-14(21)15(9-11)25-19(29)18-17(28)10-12(2)27(26-18)16-6-4-3-5-13(16)20(22,23)24/h3-10H,1-2H3,(H,25,29). The Morgan fingerprint density at radius 2 is 1.76 bits per heavy atom. The zero-order valence-corrected chi connectivity index (χ0v) is 15.3. The number of carbonyl (C=O) groups excluding carboxylic acids is 1. The average Bonchev–Trinajstić information content (AvgIpc) is 2.64. The summed E-state index contributed by atoms with van der Waals surface area (Å²) < 4.78 is 54.8. The molecule has 3 aromatic rings. The highest BCUT2D eigenvalue weighted by Crippen LogP contribution is 2.33. The Bertz CT molecular complexity index is 1150. The summed E-state index contributed by atoms with van der Waals surface area (Å²) in [4.78, 5) is 24.7. The molecule has 150 valence electrons. The van der Waals surface area contributed by atoms with Gasteiger partial charge >= 0.3 is 6.18 Å². The molecule has 0 radical (unpaired) electrons. The van der Waals surface area contributed by atoms with Crippen LogP contribution in [0.4, 0.5) is 23.2 Å². The summed E-state index contributed by atoms with van der Waals surface area (Å²) in [5.74, 6) is -1.75. The first kappa shape index (κ1) is 20.2. The number of hydrogen-bond acceptors (Lipinski definition) is 3. The predicted octanol–water partition coefficient (Wildman–Crippen LogP) is 4.26. The minimum atomic E-state index is -4.67. The van der Waals surface area contributed by atoms with Crippen molar-refractivity contribution < 1.29 is 22.4 Å². The second-order valence-electron chi connectivity index (χ2n) is 6.36. The van der Waals surface area contributed by atoms with Crippen LogP contribution < -0.4 is 10.7 Å². The number of nitrogens with one attached hydrogen (secondary N) is 1. The van der Waals surface area contributed by atoms with Crippen LogP contribution in [-0.2, 0) is 6.18 Å². The molecule has 0 bridgehead atoms. The lowest BCUT2D eigenvalue weighted by Crippen LogP contribution is -2.28. The smallest absolute Gasteiger partial charge is 0.318 e. The van der Waals surface area contributed by atoms with Crippen LogP contribution in [0.25, 0.3) is 5.69 Å². The fourth-order valence-electron chi connectivity index (χ4n) is 2.76. The van der Waals surface area contributed by atoms with Gasteiger partial charge in [-0.1, -0.05) is 18.2 Å². The van der Waals surface area contributed by atoms with E-state index in [1.165, 1.54) is 37.3 Å². The minimum absolute atomic E-state index is 0.102. The Balaban J connectivity index is 2.09. The van der Waals surface area contributed by atoms with Gasteiger partial charge in [-0.15, -0.1) is 0 Å². The number of alkyl halides is 3. The minimum Gasteiger partial charge on any atom is -0.318 e. The molecule has 0 unspecified atom stereocenters. The van der Waals surface area contributed by atoms with E-state index in [0.717, 1.165) is 22.9 Å². The van der Waals surface area contributed by atoms with Crippen molar-refractivity contribution >= 4 is 11.6 Å². The third-order valence-corrected chi connectivity index (χ3v) is 4.13. The molecular weight excluding hydrogens is 390 g/mol. The Morgan fingerprint density at radius 3 is 2.45 bits per heavy atom. The first-order valence-electron chi connectivity index (χ1n) is 8.43. The molecule has 1 heterocycles. The maximum atomic E-state index is 13.9. The van der Waals surface area contributed by atoms with E-state index in [2.05, 4.69) is 10.4 Å². The molecule has 1 aromatic heterocycles. The summed E-state index contributed by atoms with van der Waals surface area (Å²) in [6, 6.07) is 9.65. The van der Waals surface area contributed by atoms with Crippen molar-refractivity contribution in [2.24, 2.45) is 0 Å².